The standard InChI is InChI=1S/C21H22ClN3O2/c22-17-8-9-19-18(15-17)21(16-5-2-1-3-6-16)23-25(19)10-4-7-20(26)24-11-13-27-14-12-24/h1-3,5-6,8-9,15H,4,7,10-14H2. The molecule has 0 atom stereocenters. The van der Waals surface area contributed by atoms with E-state index < -0.39 is 0 Å². The van der Waals surface area contributed by atoms with E-state index in [0.29, 0.717) is 44.3 Å². The van der Waals surface area contributed by atoms with Crippen LogP contribution >= 0.6 is 11.6 Å². The van der Waals surface area contributed by atoms with Crippen LogP contribution in [0.15, 0.2) is 48.5 Å². The van der Waals surface area contributed by atoms with Crippen LogP contribution in [0.4, 0.5) is 0 Å². The number of halogens is 1. The number of ether oxygens (including phenoxy) is 1. The molecule has 5 nitrogen and oxygen atoms in total. The number of morpholine rings is 1. The molecule has 3 aromatic rings. The first-order valence-corrected chi connectivity index (χ1v) is 9.67. The van der Waals surface area contributed by atoms with Crippen LogP contribution in [0.3, 0.4) is 0 Å². The van der Waals surface area contributed by atoms with Crippen molar-refractivity contribution in [1.82, 2.24) is 14.7 Å². The highest BCUT2D eigenvalue weighted by Gasteiger charge is 2.17. The highest BCUT2D eigenvalue weighted by Crippen LogP contribution is 2.30. The van der Waals surface area contributed by atoms with Crippen molar-refractivity contribution in [2.24, 2.45) is 0 Å². The number of rotatable bonds is 5. The number of carbonyl (C=O) groups excluding carboxylic acids is 1. The number of amides is 1. The molecule has 0 saturated carbocycles. The van der Waals surface area contributed by atoms with Crippen molar-refractivity contribution in [2.45, 2.75) is 19.4 Å². The normalized spacial score (nSPS) is 14.6. The fraction of sp³-hybridized carbons (Fsp3) is 0.333. The third-order valence-corrected chi connectivity index (χ3v) is 5.12. The van der Waals surface area contributed by atoms with E-state index in [-0.39, 0.29) is 5.91 Å². The first-order chi connectivity index (χ1) is 13.2. The van der Waals surface area contributed by atoms with Gasteiger partial charge in [0.15, 0.2) is 0 Å². The highest BCUT2D eigenvalue weighted by atomic mass is 35.5. The Morgan fingerprint density at radius 2 is 1.89 bits per heavy atom. The predicted octanol–water partition coefficient (Wildman–Crippen LogP) is 4.00. The van der Waals surface area contributed by atoms with E-state index in [9.17, 15) is 4.79 Å². The van der Waals surface area contributed by atoms with Crippen LogP contribution in [0.5, 0.6) is 0 Å². The van der Waals surface area contributed by atoms with Crippen molar-refractivity contribution in [2.75, 3.05) is 26.3 Å². The van der Waals surface area contributed by atoms with Crippen molar-refractivity contribution >= 4 is 28.4 Å². The van der Waals surface area contributed by atoms with E-state index in [1.165, 1.54) is 0 Å². The van der Waals surface area contributed by atoms with E-state index in [2.05, 4.69) is 12.1 Å². The van der Waals surface area contributed by atoms with Crippen LogP contribution < -0.4 is 0 Å². The van der Waals surface area contributed by atoms with Gasteiger partial charge in [-0.3, -0.25) is 9.48 Å². The van der Waals surface area contributed by atoms with Gasteiger partial charge in [0.1, 0.15) is 5.69 Å². The van der Waals surface area contributed by atoms with E-state index in [1.807, 2.05) is 46.0 Å². The van der Waals surface area contributed by atoms with Gasteiger partial charge in [-0.05, 0) is 24.6 Å². The minimum atomic E-state index is 0.195. The zero-order valence-corrected chi connectivity index (χ0v) is 15.9. The van der Waals surface area contributed by atoms with Gasteiger partial charge in [-0.1, -0.05) is 41.9 Å². The van der Waals surface area contributed by atoms with Gasteiger partial charge in [-0.2, -0.15) is 5.10 Å². The van der Waals surface area contributed by atoms with Gasteiger partial charge >= 0.3 is 0 Å². The molecule has 0 aliphatic carbocycles. The molecular formula is C21H22ClN3O2. The van der Waals surface area contributed by atoms with Crippen LogP contribution in [-0.2, 0) is 16.1 Å². The molecule has 0 N–H and O–H groups in total. The van der Waals surface area contributed by atoms with Crippen LogP contribution in [0.1, 0.15) is 12.8 Å². The Bertz CT molecular complexity index is 933. The molecule has 0 unspecified atom stereocenters. The molecule has 0 bridgehead atoms. The first kappa shape index (κ1) is 18.0. The molecule has 27 heavy (non-hydrogen) atoms. The summed E-state index contributed by atoms with van der Waals surface area (Å²) >= 11 is 6.22. The number of nitrogens with zero attached hydrogens (tertiary/aromatic N) is 3. The Kier molecular flexibility index (Phi) is 5.41. The zero-order valence-electron chi connectivity index (χ0n) is 15.1. The van der Waals surface area contributed by atoms with Crippen molar-refractivity contribution in [3.63, 3.8) is 0 Å². The largest absolute Gasteiger partial charge is 0.378 e. The summed E-state index contributed by atoms with van der Waals surface area (Å²) in [4.78, 5) is 14.2. The molecular weight excluding hydrogens is 362 g/mol. The lowest BCUT2D eigenvalue weighted by Gasteiger charge is -2.26. The second-order valence-electron chi connectivity index (χ2n) is 6.70. The minimum absolute atomic E-state index is 0.195. The molecule has 1 aliphatic rings. The fourth-order valence-corrected chi connectivity index (χ4v) is 3.65. The van der Waals surface area contributed by atoms with Gasteiger partial charge in [0.05, 0.1) is 18.7 Å². The summed E-state index contributed by atoms with van der Waals surface area (Å²) in [6, 6.07) is 16.0. The first-order valence-electron chi connectivity index (χ1n) is 9.29. The second kappa shape index (κ2) is 8.11. The summed E-state index contributed by atoms with van der Waals surface area (Å²) in [5.74, 6) is 0.195. The summed E-state index contributed by atoms with van der Waals surface area (Å²) < 4.78 is 7.29. The molecule has 0 spiro atoms. The Hall–Kier alpha value is -2.37. The molecule has 0 radical (unpaired) electrons. The summed E-state index contributed by atoms with van der Waals surface area (Å²) in [5.41, 5.74) is 3.03. The number of fused-ring (bicyclic) bond motifs is 1. The van der Waals surface area contributed by atoms with E-state index in [1.54, 1.807) is 0 Å². The number of aryl methyl sites for hydroxylation is 1. The quantitative estimate of drug-likeness (QED) is 0.669. The number of hydrogen-bond acceptors (Lipinski definition) is 3. The fourth-order valence-electron chi connectivity index (χ4n) is 3.48. The second-order valence-corrected chi connectivity index (χ2v) is 7.13. The predicted molar refractivity (Wildman–Crippen MR) is 107 cm³/mol. The SMILES string of the molecule is O=C(CCCn1nc(-c2ccccc2)c2cc(Cl)ccc21)N1CCOCC1. The lowest BCUT2D eigenvalue weighted by molar-refractivity contribution is -0.135. The molecule has 2 aromatic carbocycles. The van der Waals surface area contributed by atoms with Crippen molar-refractivity contribution < 1.29 is 9.53 Å². The smallest absolute Gasteiger partial charge is 0.222 e. The molecule has 1 amide bonds. The Morgan fingerprint density at radius 1 is 1.11 bits per heavy atom. The van der Waals surface area contributed by atoms with Gasteiger partial charge in [-0.15, -0.1) is 0 Å². The monoisotopic (exact) mass is 383 g/mol. The van der Waals surface area contributed by atoms with Gasteiger partial charge in [0.25, 0.3) is 0 Å². The number of hydrogen-bond donors (Lipinski definition) is 0. The molecule has 1 aliphatic heterocycles. The maximum absolute atomic E-state index is 12.3. The van der Waals surface area contributed by atoms with Gasteiger partial charge in [0, 0.05) is 42.0 Å². The maximum atomic E-state index is 12.3. The summed E-state index contributed by atoms with van der Waals surface area (Å²) in [5, 5.41) is 6.55. The zero-order chi connectivity index (χ0) is 18.6. The third-order valence-electron chi connectivity index (χ3n) is 4.88. The Morgan fingerprint density at radius 3 is 2.67 bits per heavy atom. The van der Waals surface area contributed by atoms with Crippen molar-refractivity contribution in [3.05, 3.63) is 53.6 Å². The van der Waals surface area contributed by atoms with Gasteiger partial charge in [0.2, 0.25) is 5.91 Å². The van der Waals surface area contributed by atoms with Crippen LogP contribution in [0.2, 0.25) is 5.02 Å². The lowest BCUT2D eigenvalue weighted by Crippen LogP contribution is -2.40. The Balaban J connectivity index is 1.52. The van der Waals surface area contributed by atoms with Crippen molar-refractivity contribution in [1.29, 1.82) is 0 Å². The van der Waals surface area contributed by atoms with Crippen LogP contribution in [0.25, 0.3) is 22.2 Å². The molecule has 140 valence electrons. The molecule has 2 heterocycles. The van der Waals surface area contributed by atoms with E-state index >= 15 is 0 Å². The molecule has 6 heteroatoms. The summed E-state index contributed by atoms with van der Waals surface area (Å²) in [6.07, 6.45) is 1.28. The molecule has 1 fully saturated rings. The van der Waals surface area contributed by atoms with Gasteiger partial charge in [-0.25, -0.2) is 0 Å². The lowest BCUT2D eigenvalue weighted by atomic mass is 10.1. The average molecular weight is 384 g/mol. The van der Waals surface area contributed by atoms with E-state index in [0.717, 1.165) is 28.6 Å². The average Bonchev–Trinajstić information content (AvgIpc) is 3.07. The van der Waals surface area contributed by atoms with Crippen LogP contribution in [0, 0.1) is 0 Å². The summed E-state index contributed by atoms with van der Waals surface area (Å²) in [6.45, 7) is 3.36. The summed E-state index contributed by atoms with van der Waals surface area (Å²) in [7, 11) is 0. The molecule has 1 saturated heterocycles. The molecule has 1 aromatic heterocycles. The third kappa shape index (κ3) is 3.99. The topological polar surface area (TPSA) is 47.4 Å². The maximum Gasteiger partial charge on any atom is 0.222 e. The van der Waals surface area contributed by atoms with Crippen molar-refractivity contribution in [3.8, 4) is 11.3 Å². The van der Waals surface area contributed by atoms with Crippen LogP contribution in [-0.4, -0.2) is 46.9 Å². The number of aromatic nitrogens is 2. The van der Waals surface area contributed by atoms with E-state index in [4.69, 9.17) is 21.4 Å². The minimum Gasteiger partial charge on any atom is -0.378 e. The Labute approximate surface area is 163 Å². The number of carbonyl (C=O) groups is 1. The molecule has 4 rings (SSSR count). The highest BCUT2D eigenvalue weighted by molar-refractivity contribution is 6.31. The number of benzene rings is 2. The van der Waals surface area contributed by atoms with Gasteiger partial charge < -0.3 is 9.64 Å².